The number of hydrogen-bond donors (Lipinski definition) is 1. The van der Waals surface area contributed by atoms with Gasteiger partial charge in [-0.2, -0.15) is 5.10 Å². The molecule has 5 nitrogen and oxygen atoms in total. The molecule has 1 aromatic rings. The van der Waals surface area contributed by atoms with E-state index in [1.807, 2.05) is 30.6 Å². The van der Waals surface area contributed by atoms with Crippen molar-refractivity contribution in [2.75, 3.05) is 13.6 Å². The number of amides is 1. The normalized spacial score (nSPS) is 15.2. The van der Waals surface area contributed by atoms with Crippen LogP contribution in [0.15, 0.2) is 0 Å². The van der Waals surface area contributed by atoms with E-state index in [9.17, 15) is 4.79 Å². The Balaban J connectivity index is 1.89. The smallest absolute Gasteiger partial charge is 0.234 e. The van der Waals surface area contributed by atoms with Crippen LogP contribution in [0.25, 0.3) is 0 Å². The molecule has 1 heterocycles. The van der Waals surface area contributed by atoms with Gasteiger partial charge in [0.1, 0.15) is 0 Å². The third kappa shape index (κ3) is 3.10. The second-order valence-electron chi connectivity index (χ2n) is 5.29. The van der Waals surface area contributed by atoms with Crippen molar-refractivity contribution in [1.82, 2.24) is 20.0 Å². The molecule has 0 saturated heterocycles. The Morgan fingerprint density at radius 2 is 2.17 bits per heavy atom. The molecule has 0 bridgehead atoms. The predicted octanol–water partition coefficient (Wildman–Crippen LogP) is 0.747. The van der Waals surface area contributed by atoms with Crippen molar-refractivity contribution in [2.45, 2.75) is 39.3 Å². The zero-order valence-corrected chi connectivity index (χ0v) is 11.7. The lowest BCUT2D eigenvalue weighted by atomic mass is 10.2. The monoisotopic (exact) mass is 250 g/mol. The van der Waals surface area contributed by atoms with Crippen molar-refractivity contribution in [1.29, 1.82) is 0 Å². The largest absolute Gasteiger partial charge is 0.352 e. The van der Waals surface area contributed by atoms with E-state index < -0.39 is 0 Å². The van der Waals surface area contributed by atoms with Gasteiger partial charge in [0.05, 0.1) is 12.2 Å². The van der Waals surface area contributed by atoms with Gasteiger partial charge >= 0.3 is 0 Å². The van der Waals surface area contributed by atoms with Crippen LogP contribution in [0.5, 0.6) is 0 Å². The Morgan fingerprint density at radius 3 is 2.67 bits per heavy atom. The first-order valence-corrected chi connectivity index (χ1v) is 6.44. The molecule has 1 saturated carbocycles. The van der Waals surface area contributed by atoms with Crippen LogP contribution in [0.1, 0.15) is 29.8 Å². The first-order valence-electron chi connectivity index (χ1n) is 6.44. The number of likely N-dealkylation sites (N-methyl/N-ethyl adjacent to an activating group) is 1. The van der Waals surface area contributed by atoms with Gasteiger partial charge in [0, 0.05) is 30.9 Å². The van der Waals surface area contributed by atoms with E-state index in [2.05, 4.69) is 17.3 Å². The van der Waals surface area contributed by atoms with Crippen LogP contribution in [0.4, 0.5) is 0 Å². The lowest BCUT2D eigenvalue weighted by Gasteiger charge is -2.16. The van der Waals surface area contributed by atoms with E-state index in [-0.39, 0.29) is 5.91 Å². The third-order valence-corrected chi connectivity index (χ3v) is 3.44. The Hall–Kier alpha value is -1.36. The highest BCUT2D eigenvalue weighted by molar-refractivity contribution is 5.78. The second-order valence-corrected chi connectivity index (χ2v) is 5.29. The Kier molecular flexibility index (Phi) is 3.71. The maximum atomic E-state index is 11.7. The van der Waals surface area contributed by atoms with E-state index in [4.69, 9.17) is 0 Å². The van der Waals surface area contributed by atoms with Gasteiger partial charge in [0.25, 0.3) is 0 Å². The van der Waals surface area contributed by atoms with Crippen molar-refractivity contribution in [3.63, 3.8) is 0 Å². The highest BCUT2D eigenvalue weighted by Gasteiger charge is 2.23. The van der Waals surface area contributed by atoms with E-state index >= 15 is 0 Å². The summed E-state index contributed by atoms with van der Waals surface area (Å²) < 4.78 is 1.89. The number of rotatable bonds is 5. The molecule has 0 atom stereocenters. The van der Waals surface area contributed by atoms with Crippen LogP contribution in [0, 0.1) is 13.8 Å². The highest BCUT2D eigenvalue weighted by atomic mass is 16.2. The molecule has 18 heavy (non-hydrogen) atoms. The van der Waals surface area contributed by atoms with Crippen molar-refractivity contribution in [3.8, 4) is 0 Å². The van der Waals surface area contributed by atoms with E-state index in [1.165, 1.54) is 11.3 Å². The summed E-state index contributed by atoms with van der Waals surface area (Å²) in [7, 11) is 3.92. The summed E-state index contributed by atoms with van der Waals surface area (Å²) in [6.45, 7) is 5.29. The summed E-state index contributed by atoms with van der Waals surface area (Å²) in [5.74, 6) is 0.124. The minimum Gasteiger partial charge on any atom is -0.352 e. The highest BCUT2D eigenvalue weighted by Crippen LogP contribution is 2.18. The summed E-state index contributed by atoms with van der Waals surface area (Å²) in [5, 5.41) is 7.39. The lowest BCUT2D eigenvalue weighted by molar-refractivity contribution is -0.122. The Labute approximate surface area is 108 Å². The van der Waals surface area contributed by atoms with Gasteiger partial charge in [-0.1, -0.05) is 0 Å². The van der Waals surface area contributed by atoms with E-state index in [1.54, 1.807) is 0 Å². The molecular weight excluding hydrogens is 228 g/mol. The molecule has 0 unspecified atom stereocenters. The zero-order chi connectivity index (χ0) is 13.3. The van der Waals surface area contributed by atoms with Gasteiger partial charge in [-0.05, 0) is 33.7 Å². The molecule has 1 amide bonds. The molecule has 2 rings (SSSR count). The number of aromatic nitrogens is 2. The summed E-state index contributed by atoms with van der Waals surface area (Å²) in [6, 6.07) is 0.438. The van der Waals surface area contributed by atoms with Crippen LogP contribution in [-0.4, -0.2) is 40.2 Å². The molecular formula is C13H22N4O. The molecule has 100 valence electrons. The van der Waals surface area contributed by atoms with Gasteiger partial charge in [0.2, 0.25) is 5.91 Å². The van der Waals surface area contributed by atoms with Crippen LogP contribution in [0.2, 0.25) is 0 Å². The number of carbonyl (C=O) groups is 1. The number of hydrogen-bond acceptors (Lipinski definition) is 3. The van der Waals surface area contributed by atoms with Gasteiger partial charge in [0.15, 0.2) is 0 Å². The fourth-order valence-electron chi connectivity index (χ4n) is 2.12. The number of nitrogens with zero attached hydrogens (tertiary/aromatic N) is 3. The first kappa shape index (κ1) is 13.1. The molecule has 1 fully saturated rings. The summed E-state index contributed by atoms with van der Waals surface area (Å²) in [5.41, 5.74) is 3.44. The standard InChI is InChI=1S/C13H22N4O/c1-9-12(10(2)17(4)15-9)7-16(3)8-13(18)14-11-5-6-11/h11H,5-8H2,1-4H3,(H,14,18). The maximum Gasteiger partial charge on any atom is 0.234 e. The molecule has 1 aliphatic rings. The van der Waals surface area contributed by atoms with Gasteiger partial charge < -0.3 is 5.32 Å². The van der Waals surface area contributed by atoms with Gasteiger partial charge in [-0.15, -0.1) is 0 Å². The minimum absolute atomic E-state index is 0.124. The molecule has 1 N–H and O–H groups in total. The van der Waals surface area contributed by atoms with Gasteiger partial charge in [-0.25, -0.2) is 0 Å². The first-order chi connectivity index (χ1) is 8.47. The topological polar surface area (TPSA) is 50.2 Å². The third-order valence-electron chi connectivity index (χ3n) is 3.44. The van der Waals surface area contributed by atoms with Crippen molar-refractivity contribution in [3.05, 3.63) is 17.0 Å². The number of carbonyl (C=O) groups excluding carboxylic acids is 1. The Bertz CT molecular complexity index is 448. The number of nitrogens with one attached hydrogen (secondary N) is 1. The molecule has 0 spiro atoms. The molecule has 5 heteroatoms. The minimum atomic E-state index is 0.124. The van der Waals surface area contributed by atoms with Crippen molar-refractivity contribution in [2.24, 2.45) is 7.05 Å². The summed E-state index contributed by atoms with van der Waals surface area (Å²) in [4.78, 5) is 13.7. The molecule has 0 aromatic carbocycles. The van der Waals surface area contributed by atoms with Crippen LogP contribution < -0.4 is 5.32 Å². The quantitative estimate of drug-likeness (QED) is 0.839. The second kappa shape index (κ2) is 5.10. The fraction of sp³-hybridized carbons (Fsp3) is 0.692. The van der Waals surface area contributed by atoms with Crippen molar-refractivity contribution >= 4 is 5.91 Å². The average molecular weight is 250 g/mol. The summed E-state index contributed by atoms with van der Waals surface area (Å²) in [6.07, 6.45) is 2.27. The predicted molar refractivity (Wildman–Crippen MR) is 70.2 cm³/mol. The number of aryl methyl sites for hydroxylation is 2. The SMILES string of the molecule is Cc1nn(C)c(C)c1CN(C)CC(=O)NC1CC1. The average Bonchev–Trinajstić information content (AvgIpc) is 3.04. The van der Waals surface area contributed by atoms with Crippen LogP contribution >= 0.6 is 0 Å². The zero-order valence-electron chi connectivity index (χ0n) is 11.7. The molecule has 0 radical (unpaired) electrons. The molecule has 1 aliphatic carbocycles. The van der Waals surface area contributed by atoms with Crippen LogP contribution in [-0.2, 0) is 18.4 Å². The lowest BCUT2D eigenvalue weighted by Crippen LogP contribution is -2.36. The maximum absolute atomic E-state index is 11.7. The van der Waals surface area contributed by atoms with Gasteiger partial charge in [-0.3, -0.25) is 14.4 Å². The molecule has 1 aromatic heterocycles. The fourth-order valence-corrected chi connectivity index (χ4v) is 2.12. The Morgan fingerprint density at radius 1 is 1.50 bits per heavy atom. The van der Waals surface area contributed by atoms with E-state index in [0.717, 1.165) is 25.1 Å². The van der Waals surface area contributed by atoms with E-state index in [0.29, 0.717) is 12.6 Å². The molecule has 0 aliphatic heterocycles. The van der Waals surface area contributed by atoms with Crippen LogP contribution in [0.3, 0.4) is 0 Å². The van der Waals surface area contributed by atoms with Crippen molar-refractivity contribution < 1.29 is 4.79 Å². The summed E-state index contributed by atoms with van der Waals surface area (Å²) >= 11 is 0.